The highest BCUT2D eigenvalue weighted by Gasteiger charge is 2.21. The molecule has 84 valence electrons. The van der Waals surface area contributed by atoms with Crippen molar-refractivity contribution in [3.63, 3.8) is 0 Å². The van der Waals surface area contributed by atoms with Crippen LogP contribution in [-0.4, -0.2) is 18.5 Å². The molecule has 0 bridgehead atoms. The minimum absolute atomic E-state index is 0.269. The highest BCUT2D eigenvalue weighted by Crippen LogP contribution is 2.38. The Morgan fingerprint density at radius 2 is 2.12 bits per heavy atom. The largest absolute Gasteiger partial charge is 0.505 e. The van der Waals surface area contributed by atoms with Crippen LogP contribution in [0.4, 0.5) is 0 Å². The van der Waals surface area contributed by atoms with Gasteiger partial charge in [-0.15, -0.1) is 0 Å². The first-order valence-electron chi connectivity index (χ1n) is 4.11. The van der Waals surface area contributed by atoms with Crippen LogP contribution in [0.25, 0.3) is 10.8 Å². The van der Waals surface area contributed by atoms with Gasteiger partial charge in [-0.2, -0.15) is 0 Å². The zero-order valence-corrected chi connectivity index (χ0v) is 10.8. The summed E-state index contributed by atoms with van der Waals surface area (Å²) in [5.41, 5.74) is 0. The van der Waals surface area contributed by atoms with Crippen molar-refractivity contribution >= 4 is 46.4 Å². The topological polar surface area (TPSA) is 67.3 Å². The molecule has 2 aromatic rings. The standard InChI is InChI=1S/C9H5BrClNO3S/c10-7-3-5-1-2-12-4-6(5)9(8(7)13)16(11,14)15/h1-4,13H. The first kappa shape index (κ1) is 11.6. The Morgan fingerprint density at radius 3 is 2.75 bits per heavy atom. The van der Waals surface area contributed by atoms with Gasteiger partial charge in [0.05, 0.1) is 4.47 Å². The molecule has 0 aliphatic heterocycles. The summed E-state index contributed by atoms with van der Waals surface area (Å²) in [4.78, 5) is 3.48. The Hall–Kier alpha value is -0.850. The Balaban J connectivity index is 3.05. The number of fused-ring (bicyclic) bond motifs is 1. The van der Waals surface area contributed by atoms with Crippen molar-refractivity contribution in [2.24, 2.45) is 0 Å². The molecule has 0 atom stereocenters. The average molecular weight is 323 g/mol. The van der Waals surface area contributed by atoms with Gasteiger partial charge in [-0.3, -0.25) is 4.98 Å². The second-order valence-electron chi connectivity index (χ2n) is 3.07. The maximum atomic E-state index is 11.4. The lowest BCUT2D eigenvalue weighted by atomic mass is 10.2. The van der Waals surface area contributed by atoms with E-state index in [2.05, 4.69) is 20.9 Å². The molecule has 1 aromatic carbocycles. The Bertz CT molecular complexity index is 672. The number of pyridine rings is 1. The number of aromatic nitrogens is 1. The van der Waals surface area contributed by atoms with Gasteiger partial charge in [0.2, 0.25) is 0 Å². The van der Waals surface area contributed by atoms with Crippen molar-refractivity contribution in [3.05, 3.63) is 29.0 Å². The van der Waals surface area contributed by atoms with Crippen LogP contribution in [0.5, 0.6) is 5.75 Å². The zero-order valence-electron chi connectivity index (χ0n) is 7.68. The lowest BCUT2D eigenvalue weighted by Crippen LogP contribution is -1.94. The van der Waals surface area contributed by atoms with Gasteiger partial charge in [-0.1, -0.05) is 0 Å². The average Bonchev–Trinajstić information content (AvgIpc) is 2.17. The smallest absolute Gasteiger partial charge is 0.265 e. The molecule has 7 heteroatoms. The molecule has 1 aromatic heterocycles. The van der Waals surface area contributed by atoms with E-state index in [-0.39, 0.29) is 9.37 Å². The molecule has 0 amide bonds. The van der Waals surface area contributed by atoms with Crippen LogP contribution < -0.4 is 0 Å². The fourth-order valence-corrected chi connectivity index (χ4v) is 3.23. The third kappa shape index (κ3) is 1.88. The van der Waals surface area contributed by atoms with Crippen LogP contribution in [0.3, 0.4) is 0 Å². The van der Waals surface area contributed by atoms with Crippen molar-refractivity contribution in [2.45, 2.75) is 4.90 Å². The predicted molar refractivity (Wildman–Crippen MR) is 64.1 cm³/mol. The summed E-state index contributed by atoms with van der Waals surface area (Å²) in [6.45, 7) is 0. The Labute approximate surface area is 104 Å². The van der Waals surface area contributed by atoms with Crippen LogP contribution in [0, 0.1) is 0 Å². The third-order valence-electron chi connectivity index (χ3n) is 2.07. The number of rotatable bonds is 1. The van der Waals surface area contributed by atoms with Gasteiger partial charge in [0.1, 0.15) is 10.6 Å². The molecule has 0 radical (unpaired) electrons. The number of halogens is 2. The fourth-order valence-electron chi connectivity index (χ4n) is 1.41. The van der Waals surface area contributed by atoms with E-state index < -0.39 is 14.8 Å². The van der Waals surface area contributed by atoms with E-state index in [1.807, 2.05) is 0 Å². The highest BCUT2D eigenvalue weighted by atomic mass is 79.9. The lowest BCUT2D eigenvalue weighted by Gasteiger charge is -2.07. The molecule has 0 saturated carbocycles. The number of phenols is 1. The van der Waals surface area contributed by atoms with Crippen LogP contribution in [-0.2, 0) is 9.05 Å². The molecule has 0 fully saturated rings. The maximum absolute atomic E-state index is 11.4. The number of benzene rings is 1. The van der Waals surface area contributed by atoms with Gasteiger partial charge in [-0.25, -0.2) is 8.42 Å². The Morgan fingerprint density at radius 1 is 1.44 bits per heavy atom. The second-order valence-corrected chi connectivity index (χ2v) is 6.43. The normalized spacial score (nSPS) is 11.9. The van der Waals surface area contributed by atoms with Crippen LogP contribution in [0.15, 0.2) is 33.9 Å². The van der Waals surface area contributed by atoms with Crippen LogP contribution in [0.1, 0.15) is 0 Å². The van der Waals surface area contributed by atoms with Crippen molar-refractivity contribution in [2.75, 3.05) is 0 Å². The number of hydrogen-bond donors (Lipinski definition) is 1. The number of hydrogen-bond acceptors (Lipinski definition) is 4. The van der Waals surface area contributed by atoms with Crippen molar-refractivity contribution < 1.29 is 13.5 Å². The summed E-state index contributed by atoms with van der Waals surface area (Å²) in [6, 6.07) is 3.23. The number of aromatic hydroxyl groups is 1. The third-order valence-corrected chi connectivity index (χ3v) is 4.04. The molecular weight excluding hydrogens is 318 g/mol. The van der Waals surface area contributed by atoms with E-state index >= 15 is 0 Å². The van der Waals surface area contributed by atoms with Crippen molar-refractivity contribution in [1.29, 1.82) is 0 Å². The van der Waals surface area contributed by atoms with E-state index in [1.165, 1.54) is 12.4 Å². The molecule has 4 nitrogen and oxygen atoms in total. The monoisotopic (exact) mass is 321 g/mol. The van der Waals surface area contributed by atoms with Crippen molar-refractivity contribution in [1.82, 2.24) is 4.98 Å². The molecule has 0 aliphatic rings. The van der Waals surface area contributed by atoms with E-state index in [0.29, 0.717) is 10.8 Å². The minimum Gasteiger partial charge on any atom is -0.505 e. The van der Waals surface area contributed by atoms with E-state index in [4.69, 9.17) is 10.7 Å². The molecule has 1 heterocycles. The molecule has 0 unspecified atom stereocenters. The number of phenolic OH excluding ortho intramolecular Hbond substituents is 1. The SMILES string of the molecule is O=S(=O)(Cl)c1c(O)c(Br)cc2ccncc12. The summed E-state index contributed by atoms with van der Waals surface area (Å²) < 4.78 is 23.0. The molecule has 2 rings (SSSR count). The minimum atomic E-state index is -4.03. The second kappa shape index (κ2) is 3.87. The van der Waals surface area contributed by atoms with E-state index in [0.717, 1.165) is 0 Å². The Kier molecular flexibility index (Phi) is 2.81. The van der Waals surface area contributed by atoms with Crippen LogP contribution >= 0.6 is 26.6 Å². The highest BCUT2D eigenvalue weighted by molar-refractivity contribution is 9.10. The quantitative estimate of drug-likeness (QED) is 0.820. The van der Waals surface area contributed by atoms with Gasteiger partial charge >= 0.3 is 0 Å². The predicted octanol–water partition coefficient (Wildman–Crippen LogP) is 2.63. The summed E-state index contributed by atoms with van der Waals surface area (Å²) in [5, 5.41) is 10.6. The zero-order chi connectivity index (χ0) is 11.9. The summed E-state index contributed by atoms with van der Waals surface area (Å²) >= 11 is 3.07. The first-order chi connectivity index (χ1) is 7.41. The number of nitrogens with zero attached hydrogens (tertiary/aromatic N) is 1. The van der Waals surface area contributed by atoms with Gasteiger partial charge in [0.25, 0.3) is 9.05 Å². The van der Waals surface area contributed by atoms with E-state index in [9.17, 15) is 13.5 Å². The van der Waals surface area contributed by atoms with Crippen LogP contribution in [0.2, 0.25) is 0 Å². The lowest BCUT2D eigenvalue weighted by molar-refractivity contribution is 0.458. The van der Waals surface area contributed by atoms with Crippen molar-refractivity contribution in [3.8, 4) is 5.75 Å². The first-order valence-corrected chi connectivity index (χ1v) is 7.21. The maximum Gasteiger partial charge on any atom is 0.265 e. The molecule has 0 spiro atoms. The fraction of sp³-hybridized carbons (Fsp3) is 0. The van der Waals surface area contributed by atoms with Gasteiger partial charge in [0.15, 0.2) is 0 Å². The molecule has 0 aliphatic carbocycles. The van der Waals surface area contributed by atoms with Gasteiger partial charge in [0, 0.05) is 28.5 Å². The molecule has 0 saturated heterocycles. The summed E-state index contributed by atoms with van der Waals surface area (Å²) in [5.74, 6) is -0.407. The molecule has 1 N–H and O–H groups in total. The molecular formula is C9H5BrClNO3S. The summed E-state index contributed by atoms with van der Waals surface area (Å²) in [7, 11) is 1.25. The van der Waals surface area contributed by atoms with E-state index in [1.54, 1.807) is 12.1 Å². The summed E-state index contributed by atoms with van der Waals surface area (Å²) in [6.07, 6.45) is 2.87. The van der Waals surface area contributed by atoms with Gasteiger partial charge in [-0.05, 0) is 33.4 Å². The molecule has 16 heavy (non-hydrogen) atoms. The van der Waals surface area contributed by atoms with Gasteiger partial charge < -0.3 is 5.11 Å².